The standard InChI is InChI=1S/2C33H28Si.2ClH.Zr/c2*1-22-20-30-26(24-12-6-4-7-13-24)16-10-18-28(30)32(22)34(3)33-23(2)21-31-27(17-11-19-29(31)33)25-14-8-5-9-15-25;;;/h2*4-21,34H,1-3H3;2*1H;/q;;;;+2/p-2. The van der Waals surface area contributed by atoms with Crippen molar-refractivity contribution in [2.24, 2.45) is 0 Å². The summed E-state index contributed by atoms with van der Waals surface area (Å²) in [5.74, 6) is 0. The molecule has 0 radical (unpaired) electrons. The molecule has 5 spiro atoms. The van der Waals surface area contributed by atoms with Gasteiger partial charge in [0.15, 0.2) is 0 Å². The Morgan fingerprint density at radius 2 is 0.493 bits per heavy atom. The van der Waals surface area contributed by atoms with Crippen molar-refractivity contribution in [2.75, 3.05) is 0 Å². The van der Waals surface area contributed by atoms with Crippen molar-refractivity contribution in [3.8, 4) is 44.5 Å². The minimum Gasteiger partial charge on any atom is -1.00 e. The summed E-state index contributed by atoms with van der Waals surface area (Å²) in [6.45, 7) is 16.3. The van der Waals surface area contributed by atoms with Crippen LogP contribution in [-0.2, 0) is 31.3 Å². The van der Waals surface area contributed by atoms with Gasteiger partial charge in [-0.25, -0.2) is 0 Å². The Labute approximate surface area is 440 Å². The number of benzene rings is 8. The molecule has 5 heteroatoms. The molecule has 346 valence electrons. The topological polar surface area (TPSA) is 0 Å². The SMILES string of the molecule is CC1=Cc2c(-c3ccccc3)cccc2[C]12[SiH](C)[C]1(C(C)=Cc3c(-c4ccccc4)cccc31)[Zr+2]21[C]2(C(C)=Cc3c(-c4ccccc4)cccc32)[SiH](C)[C]12C(C)=Cc1c(-c3ccccc3)cccc12.[Cl-].[Cl-]. The Morgan fingerprint density at radius 1 is 0.282 bits per heavy atom. The minimum atomic E-state index is -4.64. The van der Waals surface area contributed by atoms with Crippen LogP contribution in [0.4, 0.5) is 0 Å². The third kappa shape index (κ3) is 5.11. The molecule has 0 bridgehead atoms. The molecule has 4 aliphatic carbocycles. The van der Waals surface area contributed by atoms with Gasteiger partial charge < -0.3 is 24.8 Å². The first-order valence-electron chi connectivity index (χ1n) is 25.2. The number of halogens is 2. The Bertz CT molecular complexity index is 3170. The van der Waals surface area contributed by atoms with Gasteiger partial charge >= 0.3 is 419 Å². The van der Waals surface area contributed by atoms with Crippen LogP contribution in [0, 0.1) is 0 Å². The Hall–Kier alpha value is -5.38. The molecule has 2 heterocycles. The van der Waals surface area contributed by atoms with E-state index in [1.165, 1.54) is 66.8 Å². The summed E-state index contributed by atoms with van der Waals surface area (Å²) < 4.78 is -0.0290. The van der Waals surface area contributed by atoms with Gasteiger partial charge in [-0.3, -0.25) is 0 Å². The fraction of sp³-hybridized carbons (Fsp3) is 0.152. The summed E-state index contributed by atoms with van der Waals surface area (Å²) in [4.78, 5) is 0. The van der Waals surface area contributed by atoms with Crippen LogP contribution in [0.1, 0.15) is 72.2 Å². The first-order valence-corrected chi connectivity index (χ1v) is 34.8. The number of hydrogen-bond donors (Lipinski definition) is 0. The average molecular weight is 1070 g/mol. The summed E-state index contributed by atoms with van der Waals surface area (Å²) in [5.41, 5.74) is 30.2. The fourth-order valence-corrected chi connectivity index (χ4v) is 90.5. The van der Waals surface area contributed by atoms with Gasteiger partial charge in [0, 0.05) is 0 Å². The molecule has 0 nitrogen and oxygen atoms in total. The van der Waals surface area contributed by atoms with Crippen molar-refractivity contribution in [3.05, 3.63) is 261 Å². The van der Waals surface area contributed by atoms with Gasteiger partial charge in [0.2, 0.25) is 0 Å². The largest absolute Gasteiger partial charge is 1.00 e. The van der Waals surface area contributed by atoms with Gasteiger partial charge in [-0.05, 0) is 0 Å². The summed E-state index contributed by atoms with van der Waals surface area (Å²) >= 11 is -4.64. The molecule has 4 atom stereocenters. The summed E-state index contributed by atoms with van der Waals surface area (Å²) in [5, 5.41) is 0. The summed E-state index contributed by atoms with van der Waals surface area (Å²) in [6, 6.07) is 75.4. The predicted octanol–water partition coefficient (Wildman–Crippen LogP) is 9.96. The van der Waals surface area contributed by atoms with E-state index in [-0.39, 0.29) is 35.8 Å². The smallest absolute Gasteiger partial charge is 1.00 e. The number of rotatable bonds is 4. The molecule has 8 aromatic rings. The Morgan fingerprint density at radius 3 is 0.704 bits per heavy atom. The molecule has 2 fully saturated rings. The van der Waals surface area contributed by atoms with Crippen LogP contribution in [-0.4, -0.2) is 17.6 Å². The van der Waals surface area contributed by atoms with Crippen LogP contribution in [0.5, 0.6) is 0 Å². The van der Waals surface area contributed by atoms with Crippen LogP contribution in [0.15, 0.2) is 216 Å². The quantitative estimate of drug-likeness (QED) is 0.154. The molecular weight excluding hydrogens is 1010 g/mol. The molecule has 0 N–H and O–H groups in total. The van der Waals surface area contributed by atoms with E-state index in [0.717, 1.165) is 0 Å². The fourth-order valence-electron chi connectivity index (χ4n) is 17.9. The second kappa shape index (κ2) is 16.3. The first kappa shape index (κ1) is 46.7. The second-order valence-corrected chi connectivity index (χ2v) is 44.7. The van der Waals surface area contributed by atoms with Crippen molar-refractivity contribution in [2.45, 2.75) is 51.8 Å². The molecule has 4 unspecified atom stereocenters. The summed E-state index contributed by atoms with van der Waals surface area (Å²) in [6.07, 6.45) is 11.0. The third-order valence-electron chi connectivity index (χ3n) is 19.4. The maximum Gasteiger partial charge on any atom is -1.00 e. The maximum absolute atomic E-state index is 4.64. The summed E-state index contributed by atoms with van der Waals surface area (Å²) in [7, 11) is -3.90. The normalized spacial score (nSPS) is 26.5. The van der Waals surface area contributed by atoms with Gasteiger partial charge in [0.05, 0.1) is 0 Å². The van der Waals surface area contributed by atoms with Crippen molar-refractivity contribution in [1.29, 1.82) is 0 Å². The molecule has 0 amide bonds. The average Bonchev–Trinajstić information content (AvgIpc) is 4.15. The molecule has 6 aliphatic rings. The number of allylic oxidation sites excluding steroid dienone is 4. The predicted molar refractivity (Wildman–Crippen MR) is 295 cm³/mol. The van der Waals surface area contributed by atoms with Gasteiger partial charge in [0.25, 0.3) is 0 Å². The molecule has 0 saturated carbocycles. The van der Waals surface area contributed by atoms with Crippen LogP contribution < -0.4 is 24.8 Å². The number of fused-ring (bicyclic) bond motifs is 12. The Kier molecular flexibility index (Phi) is 10.7. The van der Waals surface area contributed by atoms with E-state index in [0.29, 0.717) is 0 Å². The van der Waals surface area contributed by atoms with Crippen LogP contribution in [0.25, 0.3) is 68.8 Å². The monoisotopic (exact) mass is 1060 g/mol. The van der Waals surface area contributed by atoms with E-state index in [9.17, 15) is 0 Å². The van der Waals surface area contributed by atoms with Gasteiger partial charge in [-0.1, -0.05) is 0 Å². The van der Waals surface area contributed by atoms with Gasteiger partial charge in [-0.15, -0.1) is 0 Å². The van der Waals surface area contributed by atoms with Gasteiger partial charge in [-0.2, -0.15) is 0 Å². The second-order valence-electron chi connectivity index (χ2n) is 21.3. The van der Waals surface area contributed by atoms with E-state index >= 15 is 0 Å². The molecule has 0 aromatic heterocycles. The third-order valence-corrected chi connectivity index (χ3v) is 68.8. The van der Waals surface area contributed by atoms with Crippen LogP contribution in [0.3, 0.4) is 0 Å². The molecular formula is C66H56Cl2Si2Zr. The zero-order chi connectivity index (χ0) is 46.7. The minimum absolute atomic E-state index is 0. The molecule has 2 saturated heterocycles. The van der Waals surface area contributed by atoms with Crippen molar-refractivity contribution < 1.29 is 45.1 Å². The molecule has 14 rings (SSSR count). The maximum atomic E-state index is 2.88. The molecule has 8 aromatic carbocycles. The zero-order valence-corrected chi connectivity index (χ0v) is 47.5. The van der Waals surface area contributed by atoms with E-state index in [2.05, 4.69) is 259 Å². The van der Waals surface area contributed by atoms with Crippen molar-refractivity contribution in [3.63, 3.8) is 0 Å². The van der Waals surface area contributed by atoms with Crippen LogP contribution in [0.2, 0.25) is 13.1 Å². The van der Waals surface area contributed by atoms with Crippen molar-refractivity contribution in [1.82, 2.24) is 0 Å². The van der Waals surface area contributed by atoms with Crippen molar-refractivity contribution >= 4 is 41.9 Å². The molecule has 71 heavy (non-hydrogen) atoms. The first-order chi connectivity index (χ1) is 33.7. The Balaban J connectivity index is 0.00000259. The van der Waals surface area contributed by atoms with E-state index < -0.39 is 37.9 Å². The number of hydrogen-bond acceptors (Lipinski definition) is 0. The van der Waals surface area contributed by atoms with Gasteiger partial charge in [0.1, 0.15) is 0 Å². The van der Waals surface area contributed by atoms with E-state index in [1.807, 2.05) is 0 Å². The van der Waals surface area contributed by atoms with Crippen LogP contribution >= 0.6 is 0 Å². The molecule has 2 aliphatic heterocycles. The zero-order valence-electron chi connectivity index (χ0n) is 41.2. The van der Waals surface area contributed by atoms with E-state index in [4.69, 9.17) is 0 Å². The van der Waals surface area contributed by atoms with E-state index in [1.54, 1.807) is 44.5 Å².